The molecule has 0 atom stereocenters. The second-order valence-electron chi connectivity index (χ2n) is 1.74. The molecule has 0 radical (unpaired) electrons. The summed E-state index contributed by atoms with van der Waals surface area (Å²) in [5.41, 5.74) is 0. The van der Waals surface area contributed by atoms with Crippen LogP contribution in [-0.2, 0) is 4.74 Å². The largest absolute Gasteiger partial charge is 0.514 e. The first-order valence-electron chi connectivity index (χ1n) is 2.84. The molecule has 0 spiro atoms. The number of halogens is 2. The summed E-state index contributed by atoms with van der Waals surface area (Å²) in [5, 5.41) is 0.487. The lowest BCUT2D eigenvalue weighted by Gasteiger charge is -1.96. The van der Waals surface area contributed by atoms with E-state index in [1.165, 1.54) is 18.4 Å². The summed E-state index contributed by atoms with van der Waals surface area (Å²) in [4.78, 5) is 10.6. The second-order valence-corrected chi connectivity index (χ2v) is 4.93. The summed E-state index contributed by atoms with van der Waals surface area (Å²) in [6.45, 7) is 0. The molecule has 0 aliphatic rings. The third kappa shape index (κ3) is 2.46. The van der Waals surface area contributed by atoms with Crippen molar-refractivity contribution < 1.29 is 14.3 Å². The molecule has 12 heavy (non-hydrogen) atoms. The minimum absolute atomic E-state index is 0.487. The van der Waals surface area contributed by atoms with Crippen molar-refractivity contribution in [2.24, 2.45) is 0 Å². The Bertz CT molecular complexity index is 277. The van der Waals surface area contributed by atoms with Gasteiger partial charge in [-0.2, -0.15) is 0 Å². The van der Waals surface area contributed by atoms with E-state index < -0.39 is 6.16 Å². The SMILES string of the molecule is COC(=O)Oc1cc(Br)c(Br)s1. The standard InChI is InChI=1S/C6H4Br2O3S/c1-10-6(9)11-4-2-3(7)5(8)12-4/h2H,1H3. The fraction of sp³-hybridized carbons (Fsp3) is 0.167. The lowest BCUT2D eigenvalue weighted by atomic mass is 10.6. The van der Waals surface area contributed by atoms with E-state index in [4.69, 9.17) is 4.74 Å². The smallest absolute Gasteiger partial charge is 0.437 e. The zero-order valence-corrected chi connectivity index (χ0v) is 9.95. The zero-order valence-electron chi connectivity index (χ0n) is 5.97. The Morgan fingerprint density at radius 1 is 1.58 bits per heavy atom. The molecule has 0 fully saturated rings. The molecule has 1 rings (SSSR count). The summed E-state index contributed by atoms with van der Waals surface area (Å²) in [5.74, 6) is 0. The summed E-state index contributed by atoms with van der Waals surface area (Å²) >= 11 is 7.83. The van der Waals surface area contributed by atoms with Crippen molar-refractivity contribution in [3.63, 3.8) is 0 Å². The summed E-state index contributed by atoms with van der Waals surface area (Å²) in [6, 6.07) is 1.69. The van der Waals surface area contributed by atoms with E-state index in [0.29, 0.717) is 5.06 Å². The van der Waals surface area contributed by atoms with E-state index >= 15 is 0 Å². The van der Waals surface area contributed by atoms with Gasteiger partial charge < -0.3 is 9.47 Å². The zero-order chi connectivity index (χ0) is 9.14. The van der Waals surface area contributed by atoms with Crippen molar-refractivity contribution in [3.05, 3.63) is 14.3 Å². The van der Waals surface area contributed by atoms with Crippen LogP contribution in [0.15, 0.2) is 14.3 Å². The van der Waals surface area contributed by atoms with Crippen LogP contribution < -0.4 is 4.74 Å². The Morgan fingerprint density at radius 2 is 2.25 bits per heavy atom. The number of carbonyl (C=O) groups is 1. The molecule has 66 valence electrons. The molecule has 0 bridgehead atoms. The van der Waals surface area contributed by atoms with Crippen molar-refractivity contribution in [1.82, 2.24) is 0 Å². The molecule has 0 aromatic carbocycles. The Morgan fingerprint density at radius 3 is 2.67 bits per heavy atom. The average molecular weight is 316 g/mol. The van der Waals surface area contributed by atoms with Gasteiger partial charge in [0, 0.05) is 10.5 Å². The third-order valence-corrected chi connectivity index (χ3v) is 4.11. The van der Waals surface area contributed by atoms with Crippen molar-refractivity contribution in [1.29, 1.82) is 0 Å². The van der Waals surface area contributed by atoms with Crippen LogP contribution in [0.4, 0.5) is 4.79 Å². The number of hydrogen-bond donors (Lipinski definition) is 0. The maximum atomic E-state index is 10.6. The van der Waals surface area contributed by atoms with Crippen LogP contribution in [0, 0.1) is 0 Å². The number of ether oxygens (including phenoxy) is 2. The van der Waals surface area contributed by atoms with Crippen LogP contribution in [0.2, 0.25) is 0 Å². The Hall–Kier alpha value is -0.0700. The number of carbonyl (C=O) groups excluding carboxylic acids is 1. The lowest BCUT2D eigenvalue weighted by molar-refractivity contribution is 0.123. The van der Waals surface area contributed by atoms with Crippen molar-refractivity contribution >= 4 is 49.4 Å². The Labute approximate surface area is 89.9 Å². The number of thiophene rings is 1. The van der Waals surface area contributed by atoms with Gasteiger partial charge in [-0.05, 0) is 31.9 Å². The molecule has 0 saturated carbocycles. The first kappa shape index (κ1) is 10.0. The predicted octanol–water partition coefficient (Wildman–Crippen LogP) is 3.42. The number of hydrogen-bond acceptors (Lipinski definition) is 4. The molecular weight excluding hydrogens is 312 g/mol. The first-order valence-corrected chi connectivity index (χ1v) is 5.24. The van der Waals surface area contributed by atoms with Crippen LogP contribution in [0.3, 0.4) is 0 Å². The van der Waals surface area contributed by atoms with E-state index in [-0.39, 0.29) is 0 Å². The van der Waals surface area contributed by atoms with Gasteiger partial charge in [0.05, 0.1) is 10.9 Å². The summed E-state index contributed by atoms with van der Waals surface area (Å²) in [6.07, 6.45) is -0.712. The molecule has 3 nitrogen and oxygen atoms in total. The van der Waals surface area contributed by atoms with Gasteiger partial charge in [0.15, 0.2) is 5.06 Å². The lowest BCUT2D eigenvalue weighted by Crippen LogP contribution is -2.05. The minimum Gasteiger partial charge on any atom is -0.437 e. The third-order valence-electron chi connectivity index (χ3n) is 0.973. The van der Waals surface area contributed by atoms with E-state index in [1.807, 2.05) is 0 Å². The molecule has 6 heteroatoms. The van der Waals surface area contributed by atoms with Gasteiger partial charge in [-0.1, -0.05) is 11.3 Å². The Kier molecular flexibility index (Phi) is 3.54. The van der Waals surface area contributed by atoms with Crippen molar-refractivity contribution in [2.75, 3.05) is 7.11 Å². The monoisotopic (exact) mass is 314 g/mol. The van der Waals surface area contributed by atoms with Gasteiger partial charge in [-0.3, -0.25) is 0 Å². The highest BCUT2D eigenvalue weighted by Gasteiger charge is 2.09. The molecule has 1 aromatic heterocycles. The molecule has 1 aromatic rings. The number of rotatable bonds is 1. The molecule has 0 aliphatic heterocycles. The molecule has 0 aliphatic carbocycles. The minimum atomic E-state index is -0.712. The highest BCUT2D eigenvalue weighted by molar-refractivity contribution is 9.13. The summed E-state index contributed by atoms with van der Waals surface area (Å²) in [7, 11) is 1.26. The van der Waals surface area contributed by atoms with Crippen molar-refractivity contribution in [2.45, 2.75) is 0 Å². The van der Waals surface area contributed by atoms with E-state index in [2.05, 4.69) is 36.6 Å². The van der Waals surface area contributed by atoms with E-state index in [9.17, 15) is 4.79 Å². The highest BCUT2D eigenvalue weighted by atomic mass is 79.9. The average Bonchev–Trinajstić information content (AvgIpc) is 2.31. The Balaban J connectivity index is 2.70. The van der Waals surface area contributed by atoms with Gasteiger partial charge in [0.25, 0.3) is 0 Å². The van der Waals surface area contributed by atoms with Crippen LogP contribution in [-0.4, -0.2) is 13.3 Å². The van der Waals surface area contributed by atoms with E-state index in [1.54, 1.807) is 6.07 Å². The predicted molar refractivity (Wildman–Crippen MR) is 52.8 cm³/mol. The van der Waals surface area contributed by atoms with Gasteiger partial charge in [-0.25, -0.2) is 4.79 Å². The van der Waals surface area contributed by atoms with Crippen LogP contribution in [0.5, 0.6) is 5.06 Å². The van der Waals surface area contributed by atoms with Crippen LogP contribution in [0.25, 0.3) is 0 Å². The molecule has 0 N–H and O–H groups in total. The molecule has 0 saturated heterocycles. The molecule has 1 heterocycles. The van der Waals surface area contributed by atoms with Crippen LogP contribution in [0.1, 0.15) is 0 Å². The normalized spacial score (nSPS) is 9.58. The van der Waals surface area contributed by atoms with Crippen LogP contribution >= 0.6 is 43.2 Å². The molecule has 0 unspecified atom stereocenters. The number of methoxy groups -OCH3 is 1. The van der Waals surface area contributed by atoms with Gasteiger partial charge in [-0.15, -0.1) is 0 Å². The maximum absolute atomic E-state index is 10.6. The quantitative estimate of drug-likeness (QED) is 0.745. The fourth-order valence-corrected chi connectivity index (χ4v) is 2.32. The van der Waals surface area contributed by atoms with E-state index in [0.717, 1.165) is 8.26 Å². The fourth-order valence-electron chi connectivity index (χ4n) is 0.501. The summed E-state index contributed by atoms with van der Waals surface area (Å²) < 4.78 is 10.8. The van der Waals surface area contributed by atoms with Crippen molar-refractivity contribution in [3.8, 4) is 5.06 Å². The topological polar surface area (TPSA) is 35.5 Å². The van der Waals surface area contributed by atoms with Gasteiger partial charge in [0.2, 0.25) is 0 Å². The first-order chi connectivity index (χ1) is 5.63. The highest BCUT2D eigenvalue weighted by Crippen LogP contribution is 2.37. The molecular formula is C6H4Br2O3S. The second kappa shape index (κ2) is 4.25. The van der Waals surface area contributed by atoms with Gasteiger partial charge >= 0.3 is 6.16 Å². The maximum Gasteiger partial charge on any atom is 0.514 e. The molecule has 0 amide bonds. The van der Waals surface area contributed by atoms with Gasteiger partial charge in [0.1, 0.15) is 0 Å².